The van der Waals surface area contributed by atoms with Gasteiger partial charge in [0.1, 0.15) is 6.04 Å². The van der Waals surface area contributed by atoms with Crippen LogP contribution in [0.15, 0.2) is 64.8 Å². The summed E-state index contributed by atoms with van der Waals surface area (Å²) in [5, 5.41) is 21.8. The number of thiophene rings is 1. The lowest BCUT2D eigenvalue weighted by atomic mass is 9.66. The Morgan fingerprint density at radius 1 is 1.02 bits per heavy atom. The lowest BCUT2D eigenvalue weighted by Crippen LogP contribution is -2.59. The summed E-state index contributed by atoms with van der Waals surface area (Å²) in [6.07, 6.45) is 16.0. The van der Waals surface area contributed by atoms with Gasteiger partial charge in [-0.15, -0.1) is 11.3 Å². The standard InChI is InChI=1S/C39H48BBrN4O6S/c1-2-33-17-18-35(52-33)37(46)44-34(20-26-7-11-29(12-8-26)36-42-21-32(41)22-43-36)38(47)45-23-30(24-45)39(48)51-19-3-4-25-5-9-27(10-6-25)28-13-15-31(16-14-28)40(49)50/h7-8,11-12,15,17-18,21-22,25,27-28,30,34,49-50H,2-6,9-10,13-14,16,19-20,23-24H2,1H3,(H,44,46)/t25?,27?,28?,34-/m0/s1. The molecule has 2 aliphatic carbocycles. The monoisotopic (exact) mass is 790 g/mol. The molecule has 1 aliphatic heterocycles. The minimum atomic E-state index is -1.31. The average molecular weight is 792 g/mol. The summed E-state index contributed by atoms with van der Waals surface area (Å²) in [5.74, 6) is 1.49. The van der Waals surface area contributed by atoms with Crippen LogP contribution in [-0.4, -0.2) is 75.6 Å². The van der Waals surface area contributed by atoms with E-state index in [2.05, 4.69) is 31.2 Å². The predicted molar refractivity (Wildman–Crippen MR) is 205 cm³/mol. The van der Waals surface area contributed by atoms with Crippen LogP contribution in [0.5, 0.6) is 0 Å². The SMILES string of the molecule is CCc1ccc(C(=O)N[C@@H](Cc2ccc(-c3ncc(Br)cn3)cc2)C(=O)N2CC(C(=O)OCCCC3CCC(C4CC=C(B(O)O)CC4)CC3)C2)s1. The number of ether oxygens (including phenoxy) is 1. The number of amides is 2. The molecule has 3 aromatic rings. The van der Waals surface area contributed by atoms with E-state index in [1.54, 1.807) is 23.4 Å². The normalized spacial score (nSPS) is 21.1. The van der Waals surface area contributed by atoms with Crippen molar-refractivity contribution in [2.45, 2.75) is 83.6 Å². The number of aromatic nitrogens is 2. The Labute approximate surface area is 318 Å². The first-order valence-electron chi connectivity index (χ1n) is 18.6. The van der Waals surface area contributed by atoms with Crippen LogP contribution < -0.4 is 5.32 Å². The second-order valence-electron chi connectivity index (χ2n) is 14.5. The highest BCUT2D eigenvalue weighted by Gasteiger charge is 2.40. The summed E-state index contributed by atoms with van der Waals surface area (Å²) in [7, 11) is -1.31. The van der Waals surface area contributed by atoms with Gasteiger partial charge >= 0.3 is 13.1 Å². The first-order chi connectivity index (χ1) is 25.2. The number of nitrogens with zero attached hydrogens (tertiary/aromatic N) is 3. The molecule has 6 rings (SSSR count). The number of allylic oxidation sites excluding steroid dienone is 2. The van der Waals surface area contributed by atoms with Gasteiger partial charge < -0.3 is 25.0 Å². The van der Waals surface area contributed by atoms with Crippen molar-refractivity contribution in [3.05, 3.63) is 80.1 Å². The van der Waals surface area contributed by atoms with E-state index in [1.807, 2.05) is 43.3 Å². The van der Waals surface area contributed by atoms with Crippen LogP contribution in [0.2, 0.25) is 0 Å². The highest BCUT2D eigenvalue weighted by atomic mass is 79.9. The van der Waals surface area contributed by atoms with Crippen LogP contribution in [0, 0.1) is 23.7 Å². The molecular weight excluding hydrogens is 743 g/mol. The third-order valence-corrected chi connectivity index (χ3v) is 12.7. The molecule has 1 saturated carbocycles. The molecule has 1 saturated heterocycles. The zero-order valence-electron chi connectivity index (χ0n) is 29.7. The number of halogens is 1. The molecule has 1 unspecified atom stereocenters. The molecule has 2 fully saturated rings. The van der Waals surface area contributed by atoms with Crippen LogP contribution in [0.1, 0.15) is 84.8 Å². The molecule has 0 radical (unpaired) electrons. The number of nitrogens with one attached hydrogen (secondary N) is 1. The van der Waals surface area contributed by atoms with Gasteiger partial charge in [0.25, 0.3) is 5.91 Å². The molecule has 1 aromatic carbocycles. The van der Waals surface area contributed by atoms with Gasteiger partial charge in [-0.05, 0) is 108 Å². The van der Waals surface area contributed by atoms with Gasteiger partial charge in [-0.1, -0.05) is 50.1 Å². The van der Waals surface area contributed by atoms with Crippen molar-refractivity contribution in [3.63, 3.8) is 0 Å². The summed E-state index contributed by atoms with van der Waals surface area (Å²) >= 11 is 4.79. The summed E-state index contributed by atoms with van der Waals surface area (Å²) in [6.45, 7) is 2.99. The molecule has 3 heterocycles. The molecular formula is C39H48BBrN4O6S. The van der Waals surface area contributed by atoms with Gasteiger partial charge in [0.05, 0.1) is 21.9 Å². The minimum Gasteiger partial charge on any atom is -0.465 e. The van der Waals surface area contributed by atoms with Crippen LogP contribution >= 0.6 is 27.3 Å². The molecule has 0 bridgehead atoms. The average Bonchev–Trinajstić information content (AvgIpc) is 3.63. The van der Waals surface area contributed by atoms with E-state index in [0.29, 0.717) is 41.5 Å². The fraction of sp³-hybridized carbons (Fsp3) is 0.513. The molecule has 0 spiro atoms. The Morgan fingerprint density at radius 2 is 1.75 bits per heavy atom. The van der Waals surface area contributed by atoms with Gasteiger partial charge in [-0.2, -0.15) is 0 Å². The van der Waals surface area contributed by atoms with Crippen molar-refractivity contribution in [1.29, 1.82) is 0 Å². The molecule has 2 amide bonds. The maximum atomic E-state index is 13.8. The summed E-state index contributed by atoms with van der Waals surface area (Å²) < 4.78 is 6.45. The van der Waals surface area contributed by atoms with Crippen LogP contribution in [0.25, 0.3) is 11.4 Å². The second kappa shape index (κ2) is 18.1. The zero-order chi connectivity index (χ0) is 36.6. The molecule has 10 nitrogen and oxygen atoms in total. The largest absolute Gasteiger partial charge is 0.483 e. The number of carbonyl (C=O) groups is 3. The quantitative estimate of drug-likeness (QED) is 0.0997. The molecule has 2 aromatic heterocycles. The number of esters is 1. The highest BCUT2D eigenvalue weighted by Crippen LogP contribution is 2.40. The molecule has 2 atom stereocenters. The number of hydrogen-bond acceptors (Lipinski definition) is 9. The summed E-state index contributed by atoms with van der Waals surface area (Å²) in [4.78, 5) is 51.9. The van der Waals surface area contributed by atoms with Crippen molar-refractivity contribution in [1.82, 2.24) is 20.2 Å². The molecule has 3 aliphatic rings. The maximum Gasteiger partial charge on any atom is 0.483 e. The summed E-state index contributed by atoms with van der Waals surface area (Å²) in [5.41, 5.74) is 2.49. The van der Waals surface area contributed by atoms with E-state index in [4.69, 9.17) is 4.74 Å². The number of aryl methyl sites for hydroxylation is 1. The molecule has 52 heavy (non-hydrogen) atoms. The van der Waals surface area contributed by atoms with Crippen LogP contribution in [0.4, 0.5) is 0 Å². The molecule has 13 heteroatoms. The number of likely N-dealkylation sites (tertiary alicyclic amines) is 1. The van der Waals surface area contributed by atoms with Crippen LogP contribution in [0.3, 0.4) is 0 Å². The van der Waals surface area contributed by atoms with E-state index in [9.17, 15) is 24.4 Å². The van der Waals surface area contributed by atoms with E-state index < -0.39 is 13.2 Å². The highest BCUT2D eigenvalue weighted by molar-refractivity contribution is 9.10. The lowest BCUT2D eigenvalue weighted by Gasteiger charge is -2.39. The first kappa shape index (κ1) is 38.3. The Kier molecular flexibility index (Phi) is 13.3. The van der Waals surface area contributed by atoms with Gasteiger partial charge in [0.2, 0.25) is 5.91 Å². The minimum absolute atomic E-state index is 0.212. The number of hydrogen-bond donors (Lipinski definition) is 3. The van der Waals surface area contributed by atoms with Crippen molar-refractivity contribution < 1.29 is 29.2 Å². The van der Waals surface area contributed by atoms with Crippen molar-refractivity contribution in [3.8, 4) is 11.4 Å². The van der Waals surface area contributed by atoms with Crippen LogP contribution in [-0.2, 0) is 27.2 Å². The Bertz CT molecular complexity index is 1700. The second-order valence-corrected chi connectivity index (χ2v) is 16.6. The fourth-order valence-electron chi connectivity index (χ4n) is 7.78. The predicted octanol–water partition coefficient (Wildman–Crippen LogP) is 6.20. The molecule has 276 valence electrons. The van der Waals surface area contributed by atoms with E-state index in [1.165, 1.54) is 37.0 Å². The van der Waals surface area contributed by atoms with E-state index in [-0.39, 0.29) is 36.8 Å². The maximum absolute atomic E-state index is 13.8. The van der Waals surface area contributed by atoms with Gasteiger partial charge in [-0.3, -0.25) is 14.4 Å². The third kappa shape index (κ3) is 9.97. The molecule has 3 N–H and O–H groups in total. The topological polar surface area (TPSA) is 142 Å². The number of carbonyl (C=O) groups excluding carboxylic acids is 3. The Hall–Kier alpha value is -3.39. The summed E-state index contributed by atoms with van der Waals surface area (Å²) in [6, 6.07) is 10.6. The third-order valence-electron chi connectivity index (χ3n) is 11.0. The lowest BCUT2D eigenvalue weighted by molar-refractivity contribution is -0.159. The van der Waals surface area contributed by atoms with E-state index >= 15 is 0 Å². The Balaban J connectivity index is 0.952. The van der Waals surface area contributed by atoms with Gasteiger partial charge in [0.15, 0.2) is 5.82 Å². The van der Waals surface area contributed by atoms with Crippen molar-refractivity contribution in [2.75, 3.05) is 19.7 Å². The fourth-order valence-corrected chi connectivity index (χ4v) is 8.84. The smallest absolute Gasteiger partial charge is 0.465 e. The number of rotatable bonds is 14. The van der Waals surface area contributed by atoms with Crippen molar-refractivity contribution in [2.24, 2.45) is 23.7 Å². The van der Waals surface area contributed by atoms with Gasteiger partial charge in [0, 0.05) is 42.3 Å². The van der Waals surface area contributed by atoms with Crippen molar-refractivity contribution >= 4 is 52.2 Å². The first-order valence-corrected chi connectivity index (χ1v) is 20.2. The number of benzene rings is 1. The zero-order valence-corrected chi connectivity index (χ0v) is 32.1. The van der Waals surface area contributed by atoms with E-state index in [0.717, 1.165) is 64.5 Å². The Morgan fingerprint density at radius 3 is 2.38 bits per heavy atom. The van der Waals surface area contributed by atoms with Gasteiger partial charge in [-0.25, -0.2) is 9.97 Å².